The van der Waals surface area contributed by atoms with Crippen molar-refractivity contribution >= 4 is 28.3 Å². The van der Waals surface area contributed by atoms with Crippen molar-refractivity contribution in [2.45, 2.75) is 26.2 Å². The highest BCUT2D eigenvalue weighted by atomic mass is 32.1. The summed E-state index contributed by atoms with van der Waals surface area (Å²) in [5.74, 6) is 10.9. The maximum atomic E-state index is 12.4. The molecule has 9 nitrogen and oxygen atoms in total. The third-order valence-electron chi connectivity index (χ3n) is 3.74. The van der Waals surface area contributed by atoms with Gasteiger partial charge in [-0.3, -0.25) is 10.6 Å². The summed E-state index contributed by atoms with van der Waals surface area (Å²) >= 11 is 1.44. The van der Waals surface area contributed by atoms with Crippen LogP contribution in [0.15, 0.2) is 0 Å². The van der Waals surface area contributed by atoms with E-state index in [0.717, 1.165) is 20.5 Å². The van der Waals surface area contributed by atoms with Gasteiger partial charge in [0.15, 0.2) is 6.29 Å². The number of hydrazine groups is 2. The summed E-state index contributed by atoms with van der Waals surface area (Å²) in [6.07, 6.45) is -0.385. The normalized spacial score (nSPS) is 20.3. The number of nitrogens with two attached hydrogens (primary N) is 2. The number of fused-ring (bicyclic) bond motifs is 3. The molecule has 1 unspecified atom stereocenters. The van der Waals surface area contributed by atoms with Crippen LogP contribution in [0.1, 0.15) is 27.7 Å². The van der Waals surface area contributed by atoms with Crippen molar-refractivity contribution < 1.29 is 14.3 Å². The van der Waals surface area contributed by atoms with Gasteiger partial charge in [-0.2, -0.15) is 0 Å². The SMILES string of the molecule is CCOC(=O)N1CCc2c(sc3c2C(=O)N(N)C(NN)N3)C1. The first kappa shape index (κ1) is 15.0. The number of carbonyl (C=O) groups is 2. The summed E-state index contributed by atoms with van der Waals surface area (Å²) in [5.41, 5.74) is 3.97. The Morgan fingerprint density at radius 2 is 2.36 bits per heavy atom. The lowest BCUT2D eigenvalue weighted by atomic mass is 10.0. The van der Waals surface area contributed by atoms with Crippen LogP contribution in [-0.4, -0.2) is 41.4 Å². The molecule has 3 heterocycles. The highest BCUT2D eigenvalue weighted by Crippen LogP contribution is 2.39. The lowest BCUT2D eigenvalue weighted by Crippen LogP contribution is -2.61. The highest BCUT2D eigenvalue weighted by molar-refractivity contribution is 7.16. The predicted molar refractivity (Wildman–Crippen MR) is 80.5 cm³/mol. The van der Waals surface area contributed by atoms with E-state index in [4.69, 9.17) is 16.4 Å². The number of anilines is 1. The van der Waals surface area contributed by atoms with Crippen LogP contribution in [0.3, 0.4) is 0 Å². The van der Waals surface area contributed by atoms with Crippen LogP contribution >= 0.6 is 11.3 Å². The molecule has 3 rings (SSSR count). The van der Waals surface area contributed by atoms with Crippen LogP contribution in [-0.2, 0) is 17.7 Å². The van der Waals surface area contributed by atoms with Gasteiger partial charge in [-0.15, -0.1) is 11.3 Å². The Bertz CT molecular complexity index is 618. The molecule has 0 spiro atoms. The van der Waals surface area contributed by atoms with Gasteiger partial charge in [0.1, 0.15) is 5.00 Å². The number of ether oxygens (including phenoxy) is 1. The highest BCUT2D eigenvalue weighted by Gasteiger charge is 2.37. The standard InChI is InChI=1S/C12H18N6O3S/c1-2-21-12(20)17-4-3-6-7(5-17)22-9-8(6)10(19)18(14)11(15-9)16-13/h11,15-16H,2-5,13-14H2,1H3. The second-order valence-electron chi connectivity index (χ2n) is 5.00. The molecule has 2 amide bonds. The summed E-state index contributed by atoms with van der Waals surface area (Å²) in [4.78, 5) is 26.8. The number of hydrogen-bond acceptors (Lipinski definition) is 8. The van der Waals surface area contributed by atoms with Crippen LogP contribution in [0.2, 0.25) is 0 Å². The first-order valence-corrected chi connectivity index (χ1v) is 7.75. The van der Waals surface area contributed by atoms with E-state index < -0.39 is 6.29 Å². The Kier molecular flexibility index (Phi) is 3.91. The van der Waals surface area contributed by atoms with E-state index in [2.05, 4.69) is 10.7 Å². The number of nitrogens with zero attached hydrogens (tertiary/aromatic N) is 2. The van der Waals surface area contributed by atoms with Gasteiger partial charge in [-0.25, -0.2) is 21.1 Å². The van der Waals surface area contributed by atoms with Gasteiger partial charge in [0, 0.05) is 11.4 Å². The molecular formula is C12H18N6O3S. The number of rotatable bonds is 2. The number of amides is 2. The fourth-order valence-electron chi connectivity index (χ4n) is 2.66. The molecule has 0 saturated heterocycles. The Balaban J connectivity index is 1.89. The van der Waals surface area contributed by atoms with Crippen LogP contribution in [0.4, 0.5) is 9.80 Å². The maximum absolute atomic E-state index is 12.4. The van der Waals surface area contributed by atoms with Crippen LogP contribution in [0, 0.1) is 0 Å². The smallest absolute Gasteiger partial charge is 0.410 e. The van der Waals surface area contributed by atoms with Crippen molar-refractivity contribution in [1.82, 2.24) is 15.3 Å². The lowest BCUT2D eigenvalue weighted by molar-refractivity contribution is 0.0652. The van der Waals surface area contributed by atoms with Crippen molar-refractivity contribution in [3.05, 3.63) is 16.0 Å². The Labute approximate surface area is 131 Å². The first-order chi connectivity index (χ1) is 10.6. The topological polar surface area (TPSA) is 126 Å². The summed E-state index contributed by atoms with van der Waals surface area (Å²) in [5, 5.41) is 4.84. The zero-order valence-corrected chi connectivity index (χ0v) is 12.9. The molecular weight excluding hydrogens is 308 g/mol. The van der Waals surface area contributed by atoms with Gasteiger partial charge in [-0.05, 0) is 18.9 Å². The van der Waals surface area contributed by atoms with Gasteiger partial charge >= 0.3 is 6.09 Å². The van der Waals surface area contributed by atoms with Gasteiger partial charge in [0.05, 0.1) is 18.7 Å². The Hall–Kier alpha value is -1.88. The molecule has 22 heavy (non-hydrogen) atoms. The Morgan fingerprint density at radius 1 is 1.59 bits per heavy atom. The number of carbonyl (C=O) groups excluding carboxylic acids is 2. The van der Waals surface area contributed by atoms with Crippen LogP contribution in [0.5, 0.6) is 0 Å². The van der Waals surface area contributed by atoms with Gasteiger partial charge < -0.3 is 15.0 Å². The second-order valence-corrected chi connectivity index (χ2v) is 6.11. The molecule has 1 atom stereocenters. The molecule has 6 N–H and O–H groups in total. The van der Waals surface area contributed by atoms with Crippen molar-refractivity contribution in [2.24, 2.45) is 11.7 Å². The van der Waals surface area contributed by atoms with Gasteiger partial charge in [-0.1, -0.05) is 0 Å². The molecule has 0 aromatic carbocycles. The molecule has 0 saturated carbocycles. The summed E-state index contributed by atoms with van der Waals surface area (Å²) in [6.45, 7) is 3.07. The maximum Gasteiger partial charge on any atom is 0.410 e. The summed E-state index contributed by atoms with van der Waals surface area (Å²) in [6, 6.07) is 0. The second kappa shape index (κ2) is 5.72. The molecule has 120 valence electrons. The van der Waals surface area contributed by atoms with Crippen molar-refractivity contribution in [3.8, 4) is 0 Å². The van der Waals surface area contributed by atoms with Gasteiger partial charge in [0.2, 0.25) is 0 Å². The van der Waals surface area contributed by atoms with E-state index in [-0.39, 0.29) is 12.0 Å². The average molecular weight is 326 g/mol. The summed E-state index contributed by atoms with van der Waals surface area (Å²) in [7, 11) is 0. The minimum absolute atomic E-state index is 0.279. The van der Waals surface area contributed by atoms with E-state index >= 15 is 0 Å². The molecule has 0 bridgehead atoms. The molecule has 2 aliphatic rings. The lowest BCUT2D eigenvalue weighted by Gasteiger charge is -2.32. The third-order valence-corrected chi connectivity index (χ3v) is 4.88. The largest absolute Gasteiger partial charge is 0.450 e. The minimum atomic E-state index is -0.652. The minimum Gasteiger partial charge on any atom is -0.450 e. The van der Waals surface area contributed by atoms with E-state index in [9.17, 15) is 9.59 Å². The van der Waals surface area contributed by atoms with E-state index in [1.165, 1.54) is 11.3 Å². The van der Waals surface area contributed by atoms with E-state index in [1.807, 2.05) is 0 Å². The summed E-state index contributed by atoms with van der Waals surface area (Å²) < 4.78 is 5.03. The first-order valence-electron chi connectivity index (χ1n) is 6.94. The molecule has 0 aliphatic carbocycles. The van der Waals surface area contributed by atoms with Gasteiger partial charge in [0.25, 0.3) is 5.91 Å². The van der Waals surface area contributed by atoms with Crippen LogP contribution in [0.25, 0.3) is 0 Å². The number of hydrogen-bond donors (Lipinski definition) is 4. The average Bonchev–Trinajstić information content (AvgIpc) is 2.88. The monoisotopic (exact) mass is 326 g/mol. The molecule has 10 heteroatoms. The zero-order valence-electron chi connectivity index (χ0n) is 12.1. The third kappa shape index (κ3) is 2.29. The fraction of sp³-hybridized carbons (Fsp3) is 0.500. The molecule has 1 aromatic rings. The van der Waals surface area contributed by atoms with Crippen LogP contribution < -0.4 is 22.4 Å². The van der Waals surface area contributed by atoms with E-state index in [1.54, 1.807) is 11.8 Å². The molecule has 2 aliphatic heterocycles. The zero-order chi connectivity index (χ0) is 15.9. The van der Waals surface area contributed by atoms with Crippen molar-refractivity contribution in [1.29, 1.82) is 0 Å². The van der Waals surface area contributed by atoms with E-state index in [0.29, 0.717) is 31.7 Å². The van der Waals surface area contributed by atoms with Crippen molar-refractivity contribution in [3.63, 3.8) is 0 Å². The molecule has 0 radical (unpaired) electrons. The predicted octanol–water partition coefficient (Wildman–Crippen LogP) is -0.249. The quantitative estimate of drug-likeness (QED) is 0.335. The molecule has 0 fully saturated rings. The van der Waals surface area contributed by atoms with Crippen molar-refractivity contribution in [2.75, 3.05) is 18.5 Å². The number of nitrogens with one attached hydrogen (secondary N) is 2. The number of thiophene rings is 1. The molecule has 1 aromatic heterocycles. The Morgan fingerprint density at radius 3 is 3.05 bits per heavy atom. The fourth-order valence-corrected chi connectivity index (χ4v) is 3.94.